The Kier molecular flexibility index (Phi) is 5.02. The first-order valence-electron chi connectivity index (χ1n) is 6.79. The molecule has 0 aliphatic rings. The van der Waals surface area contributed by atoms with E-state index in [1.54, 1.807) is 7.11 Å². The number of para-hydroxylation sites is 1. The Morgan fingerprint density at radius 1 is 1.05 bits per heavy atom. The predicted molar refractivity (Wildman–Crippen MR) is 81.3 cm³/mol. The summed E-state index contributed by atoms with van der Waals surface area (Å²) in [5, 5.41) is 0. The molecule has 0 fully saturated rings. The Morgan fingerprint density at radius 3 is 2.55 bits per heavy atom. The third kappa shape index (κ3) is 3.52. The molecule has 20 heavy (non-hydrogen) atoms. The molecule has 0 aromatic heterocycles. The third-order valence-electron chi connectivity index (χ3n) is 3.25. The van der Waals surface area contributed by atoms with Crippen LogP contribution in [-0.4, -0.2) is 13.7 Å². The van der Waals surface area contributed by atoms with Crippen LogP contribution < -0.4 is 15.2 Å². The summed E-state index contributed by atoms with van der Waals surface area (Å²) in [5.41, 5.74) is 8.98. The van der Waals surface area contributed by atoms with Gasteiger partial charge in [0.05, 0.1) is 7.11 Å². The lowest BCUT2D eigenvalue weighted by Gasteiger charge is -2.13. The normalized spacial score (nSPS) is 10.3. The van der Waals surface area contributed by atoms with Crippen LogP contribution in [0.15, 0.2) is 42.5 Å². The molecule has 106 valence electrons. The molecule has 0 radical (unpaired) electrons. The molecular weight excluding hydrogens is 250 g/mol. The zero-order chi connectivity index (χ0) is 14.4. The van der Waals surface area contributed by atoms with Crippen LogP contribution in [0.4, 0.5) is 0 Å². The van der Waals surface area contributed by atoms with E-state index < -0.39 is 0 Å². The van der Waals surface area contributed by atoms with Crippen molar-refractivity contribution in [2.45, 2.75) is 20.0 Å². The second-order valence-electron chi connectivity index (χ2n) is 4.74. The first kappa shape index (κ1) is 14.4. The number of benzene rings is 2. The summed E-state index contributed by atoms with van der Waals surface area (Å²) in [4.78, 5) is 0. The standard InChI is InChI=1S/C17H21NO2/c1-13-5-3-4-6-16(13)20-12-15-11-14(9-10-18)7-8-17(15)19-2/h3-8,11H,9-10,12,18H2,1-2H3. The van der Waals surface area contributed by atoms with Crippen molar-refractivity contribution in [1.29, 1.82) is 0 Å². The maximum Gasteiger partial charge on any atom is 0.125 e. The van der Waals surface area contributed by atoms with Crippen molar-refractivity contribution in [3.63, 3.8) is 0 Å². The molecule has 0 saturated carbocycles. The molecule has 2 rings (SSSR count). The minimum absolute atomic E-state index is 0.492. The van der Waals surface area contributed by atoms with Gasteiger partial charge in [-0.1, -0.05) is 24.3 Å². The van der Waals surface area contributed by atoms with Crippen LogP contribution in [-0.2, 0) is 13.0 Å². The molecular formula is C17H21NO2. The lowest BCUT2D eigenvalue weighted by atomic mass is 10.1. The van der Waals surface area contributed by atoms with Gasteiger partial charge in [-0.05, 0) is 49.2 Å². The fourth-order valence-corrected chi connectivity index (χ4v) is 2.14. The third-order valence-corrected chi connectivity index (χ3v) is 3.25. The molecule has 2 aromatic rings. The summed E-state index contributed by atoms with van der Waals surface area (Å²) in [6.07, 6.45) is 0.862. The molecule has 2 aromatic carbocycles. The van der Waals surface area contributed by atoms with Gasteiger partial charge in [-0.25, -0.2) is 0 Å². The highest BCUT2D eigenvalue weighted by Crippen LogP contribution is 2.23. The van der Waals surface area contributed by atoms with Crippen molar-refractivity contribution in [3.8, 4) is 11.5 Å². The topological polar surface area (TPSA) is 44.5 Å². The van der Waals surface area contributed by atoms with Gasteiger partial charge in [0.25, 0.3) is 0 Å². The van der Waals surface area contributed by atoms with E-state index in [4.69, 9.17) is 15.2 Å². The maximum atomic E-state index is 5.89. The highest BCUT2D eigenvalue weighted by Gasteiger charge is 2.06. The summed E-state index contributed by atoms with van der Waals surface area (Å²) >= 11 is 0. The van der Waals surface area contributed by atoms with Crippen molar-refractivity contribution in [1.82, 2.24) is 0 Å². The van der Waals surface area contributed by atoms with Crippen LogP contribution in [0.25, 0.3) is 0 Å². The molecule has 0 spiro atoms. The summed E-state index contributed by atoms with van der Waals surface area (Å²) in [6.45, 7) is 3.17. The summed E-state index contributed by atoms with van der Waals surface area (Å²) < 4.78 is 11.3. The van der Waals surface area contributed by atoms with Gasteiger partial charge in [0.15, 0.2) is 0 Å². The Labute approximate surface area is 120 Å². The zero-order valence-corrected chi connectivity index (χ0v) is 12.1. The summed E-state index contributed by atoms with van der Waals surface area (Å²) in [6, 6.07) is 14.1. The van der Waals surface area contributed by atoms with Crippen molar-refractivity contribution >= 4 is 0 Å². The first-order chi connectivity index (χ1) is 9.74. The van der Waals surface area contributed by atoms with Crippen molar-refractivity contribution in [2.75, 3.05) is 13.7 Å². The van der Waals surface area contributed by atoms with E-state index in [2.05, 4.69) is 6.07 Å². The predicted octanol–water partition coefficient (Wildman–Crippen LogP) is 3.08. The van der Waals surface area contributed by atoms with E-state index in [0.717, 1.165) is 29.0 Å². The first-order valence-corrected chi connectivity index (χ1v) is 6.79. The van der Waals surface area contributed by atoms with Crippen molar-refractivity contribution in [2.24, 2.45) is 5.73 Å². The second-order valence-corrected chi connectivity index (χ2v) is 4.74. The van der Waals surface area contributed by atoms with Gasteiger partial charge < -0.3 is 15.2 Å². The maximum absolute atomic E-state index is 5.89. The number of aryl methyl sites for hydroxylation is 1. The Bertz CT molecular complexity index is 567. The number of hydrogen-bond donors (Lipinski definition) is 1. The molecule has 0 aliphatic heterocycles. The van der Waals surface area contributed by atoms with E-state index in [9.17, 15) is 0 Å². The lowest BCUT2D eigenvalue weighted by Crippen LogP contribution is -2.05. The van der Waals surface area contributed by atoms with Gasteiger partial charge in [-0.15, -0.1) is 0 Å². The van der Waals surface area contributed by atoms with E-state index in [-0.39, 0.29) is 0 Å². The quantitative estimate of drug-likeness (QED) is 0.878. The number of ether oxygens (including phenoxy) is 2. The fraction of sp³-hybridized carbons (Fsp3) is 0.294. The van der Waals surface area contributed by atoms with Crippen molar-refractivity contribution < 1.29 is 9.47 Å². The molecule has 0 bridgehead atoms. The smallest absolute Gasteiger partial charge is 0.125 e. The molecule has 0 amide bonds. The molecule has 3 heteroatoms. The highest BCUT2D eigenvalue weighted by atomic mass is 16.5. The van der Waals surface area contributed by atoms with E-state index in [0.29, 0.717) is 13.2 Å². The van der Waals surface area contributed by atoms with Gasteiger partial charge in [-0.2, -0.15) is 0 Å². The molecule has 0 unspecified atom stereocenters. The average Bonchev–Trinajstić information content (AvgIpc) is 2.47. The van der Waals surface area contributed by atoms with Crippen LogP contribution in [0.1, 0.15) is 16.7 Å². The molecule has 0 atom stereocenters. The van der Waals surface area contributed by atoms with Gasteiger partial charge in [0.2, 0.25) is 0 Å². The van der Waals surface area contributed by atoms with Crippen molar-refractivity contribution in [3.05, 3.63) is 59.2 Å². The van der Waals surface area contributed by atoms with Gasteiger partial charge in [0.1, 0.15) is 18.1 Å². The van der Waals surface area contributed by atoms with Gasteiger partial charge >= 0.3 is 0 Å². The van der Waals surface area contributed by atoms with Crippen LogP contribution in [0.5, 0.6) is 11.5 Å². The average molecular weight is 271 g/mol. The van der Waals surface area contributed by atoms with Crippen LogP contribution in [0.3, 0.4) is 0 Å². The van der Waals surface area contributed by atoms with Crippen LogP contribution in [0, 0.1) is 6.92 Å². The SMILES string of the molecule is COc1ccc(CCN)cc1COc1ccccc1C. The zero-order valence-electron chi connectivity index (χ0n) is 12.1. The fourth-order valence-electron chi connectivity index (χ4n) is 2.14. The second kappa shape index (κ2) is 6.96. The molecule has 2 N–H and O–H groups in total. The number of nitrogens with two attached hydrogens (primary N) is 1. The highest BCUT2D eigenvalue weighted by molar-refractivity contribution is 5.38. The molecule has 0 heterocycles. The molecule has 0 saturated heterocycles. The monoisotopic (exact) mass is 271 g/mol. The van der Waals surface area contributed by atoms with Gasteiger partial charge in [-0.3, -0.25) is 0 Å². The number of rotatable bonds is 6. The minimum Gasteiger partial charge on any atom is -0.496 e. The Morgan fingerprint density at radius 2 is 1.85 bits per heavy atom. The largest absolute Gasteiger partial charge is 0.496 e. The number of hydrogen-bond acceptors (Lipinski definition) is 3. The summed E-state index contributed by atoms with van der Waals surface area (Å²) in [5.74, 6) is 1.75. The van der Waals surface area contributed by atoms with Crippen LogP contribution in [0.2, 0.25) is 0 Å². The lowest BCUT2D eigenvalue weighted by molar-refractivity contribution is 0.294. The Hall–Kier alpha value is -2.00. The van der Waals surface area contributed by atoms with Gasteiger partial charge in [0, 0.05) is 5.56 Å². The number of methoxy groups -OCH3 is 1. The van der Waals surface area contributed by atoms with E-state index in [1.807, 2.05) is 43.3 Å². The summed E-state index contributed by atoms with van der Waals surface area (Å²) in [7, 11) is 1.68. The van der Waals surface area contributed by atoms with Crippen LogP contribution >= 0.6 is 0 Å². The Balaban J connectivity index is 2.15. The minimum atomic E-state index is 0.492. The van der Waals surface area contributed by atoms with E-state index >= 15 is 0 Å². The van der Waals surface area contributed by atoms with E-state index in [1.165, 1.54) is 5.56 Å². The molecule has 3 nitrogen and oxygen atoms in total. The molecule has 0 aliphatic carbocycles.